The first-order valence-corrected chi connectivity index (χ1v) is 10.0. The first kappa shape index (κ1) is 20.2. The second kappa shape index (κ2) is 9.19. The lowest BCUT2D eigenvalue weighted by Gasteiger charge is -2.14. The first-order valence-electron chi connectivity index (χ1n) is 10.0. The monoisotopic (exact) mass is 411 g/mol. The molecule has 1 aliphatic carbocycles. The molecule has 0 heterocycles. The fourth-order valence-electron chi connectivity index (χ4n) is 3.85. The fourth-order valence-corrected chi connectivity index (χ4v) is 3.85. The summed E-state index contributed by atoms with van der Waals surface area (Å²) in [4.78, 5) is 23.0. The van der Waals surface area contributed by atoms with Crippen molar-refractivity contribution in [1.82, 2.24) is 5.32 Å². The van der Waals surface area contributed by atoms with E-state index in [0.717, 1.165) is 11.1 Å². The number of nitrogens with one attached hydrogen (secondary N) is 1. The predicted octanol–water partition coefficient (Wildman–Crippen LogP) is 4.20. The Hall–Kier alpha value is -4.04. The number of benzene rings is 3. The molecular weight excluding hydrogens is 390 g/mol. The van der Waals surface area contributed by atoms with E-state index < -0.39 is 12.1 Å². The number of carbonyl (C=O) groups excluding carboxylic acids is 1. The molecule has 0 spiro atoms. The maximum atomic E-state index is 12.1. The van der Waals surface area contributed by atoms with Gasteiger partial charge in [0.2, 0.25) is 0 Å². The second-order valence-electron chi connectivity index (χ2n) is 7.25. The summed E-state index contributed by atoms with van der Waals surface area (Å²) >= 11 is 0. The third-order valence-corrected chi connectivity index (χ3v) is 5.18. The number of carboxylic acid groups (broad SMARTS) is 1. The van der Waals surface area contributed by atoms with Crippen LogP contribution in [0.4, 0.5) is 4.79 Å². The van der Waals surface area contributed by atoms with Gasteiger partial charge in [0.05, 0.1) is 13.0 Å². The molecule has 0 atom stereocenters. The number of carboxylic acids is 1. The normalized spacial score (nSPS) is 11.6. The van der Waals surface area contributed by atoms with Gasteiger partial charge in [-0.1, -0.05) is 72.5 Å². The van der Waals surface area contributed by atoms with Crippen LogP contribution in [0.1, 0.15) is 28.2 Å². The van der Waals surface area contributed by atoms with Crippen molar-refractivity contribution in [3.63, 3.8) is 0 Å². The zero-order valence-corrected chi connectivity index (χ0v) is 16.8. The van der Waals surface area contributed by atoms with Gasteiger partial charge >= 0.3 is 12.1 Å². The van der Waals surface area contributed by atoms with E-state index in [0.29, 0.717) is 11.1 Å². The molecule has 0 aromatic heterocycles. The zero-order valence-electron chi connectivity index (χ0n) is 16.8. The molecule has 0 fully saturated rings. The maximum Gasteiger partial charge on any atom is 0.407 e. The summed E-state index contributed by atoms with van der Waals surface area (Å²) in [5.74, 6) is 4.91. The summed E-state index contributed by atoms with van der Waals surface area (Å²) in [6, 6.07) is 23.4. The zero-order chi connectivity index (χ0) is 21.6. The average molecular weight is 411 g/mol. The molecule has 3 aromatic rings. The van der Waals surface area contributed by atoms with Gasteiger partial charge in [0.25, 0.3) is 0 Å². The molecule has 31 heavy (non-hydrogen) atoms. The van der Waals surface area contributed by atoms with Crippen molar-refractivity contribution in [2.45, 2.75) is 12.3 Å². The molecule has 154 valence electrons. The molecule has 4 rings (SSSR count). The van der Waals surface area contributed by atoms with Crippen molar-refractivity contribution < 1.29 is 19.4 Å². The lowest BCUT2D eigenvalue weighted by molar-refractivity contribution is -0.136. The molecule has 1 aliphatic rings. The Morgan fingerprint density at radius 3 is 2.29 bits per heavy atom. The number of fused-ring (bicyclic) bond motifs is 3. The number of alkyl carbamates (subject to hydrolysis) is 1. The number of carbonyl (C=O) groups is 2. The molecule has 0 radical (unpaired) electrons. The minimum atomic E-state index is -0.887. The van der Waals surface area contributed by atoms with Gasteiger partial charge in [-0.2, -0.15) is 0 Å². The van der Waals surface area contributed by atoms with Crippen LogP contribution in [0.5, 0.6) is 0 Å². The maximum absolute atomic E-state index is 12.1. The largest absolute Gasteiger partial charge is 0.481 e. The Morgan fingerprint density at radius 1 is 0.935 bits per heavy atom. The Kier molecular flexibility index (Phi) is 6.00. The van der Waals surface area contributed by atoms with Crippen molar-refractivity contribution >= 4 is 12.1 Å². The minimum Gasteiger partial charge on any atom is -0.481 e. The van der Waals surface area contributed by atoms with Crippen LogP contribution in [0.25, 0.3) is 11.1 Å². The fraction of sp³-hybridized carbons (Fsp3) is 0.154. The molecule has 5 nitrogen and oxygen atoms in total. The number of hydrogen-bond donors (Lipinski definition) is 2. The van der Waals surface area contributed by atoms with Gasteiger partial charge in [0.15, 0.2) is 0 Å². The summed E-state index contributed by atoms with van der Waals surface area (Å²) in [6.45, 7) is 0.393. The van der Waals surface area contributed by atoms with E-state index in [1.165, 1.54) is 11.1 Å². The summed E-state index contributed by atoms with van der Waals surface area (Å²) in [7, 11) is 0. The molecule has 0 saturated heterocycles. The van der Waals surface area contributed by atoms with E-state index in [-0.39, 0.29) is 25.5 Å². The van der Waals surface area contributed by atoms with E-state index >= 15 is 0 Å². The van der Waals surface area contributed by atoms with E-state index in [1.54, 1.807) is 24.3 Å². The lowest BCUT2D eigenvalue weighted by Crippen LogP contribution is -2.26. The molecule has 0 saturated carbocycles. The molecule has 0 aliphatic heterocycles. The van der Waals surface area contributed by atoms with Gasteiger partial charge in [-0.15, -0.1) is 0 Å². The SMILES string of the molecule is O=C(O)Cc1cccc(C#CCNC(=O)OCC2c3ccccc3-c3ccccc32)c1. The van der Waals surface area contributed by atoms with Crippen molar-refractivity contribution in [1.29, 1.82) is 0 Å². The Labute approximate surface area is 180 Å². The van der Waals surface area contributed by atoms with E-state index in [4.69, 9.17) is 9.84 Å². The van der Waals surface area contributed by atoms with Gasteiger partial charge in [0, 0.05) is 11.5 Å². The Balaban J connectivity index is 1.32. The van der Waals surface area contributed by atoms with Gasteiger partial charge in [-0.3, -0.25) is 4.79 Å². The minimum absolute atomic E-state index is 0.0150. The smallest absolute Gasteiger partial charge is 0.407 e. The molecular formula is C26H21NO4. The molecule has 0 unspecified atom stereocenters. The Morgan fingerprint density at radius 2 is 1.61 bits per heavy atom. The highest BCUT2D eigenvalue weighted by atomic mass is 16.5. The quantitative estimate of drug-likeness (QED) is 0.617. The highest BCUT2D eigenvalue weighted by molar-refractivity contribution is 5.79. The Bertz CT molecular complexity index is 1140. The highest BCUT2D eigenvalue weighted by Crippen LogP contribution is 2.44. The highest BCUT2D eigenvalue weighted by Gasteiger charge is 2.28. The van der Waals surface area contributed by atoms with E-state index in [2.05, 4.69) is 41.4 Å². The first-order chi connectivity index (χ1) is 15.1. The van der Waals surface area contributed by atoms with Crippen LogP contribution < -0.4 is 5.32 Å². The average Bonchev–Trinajstić information content (AvgIpc) is 3.09. The van der Waals surface area contributed by atoms with E-state index in [1.807, 2.05) is 24.3 Å². The molecule has 0 bridgehead atoms. The van der Waals surface area contributed by atoms with Crippen LogP contribution in [0.15, 0.2) is 72.8 Å². The van der Waals surface area contributed by atoms with Gasteiger partial charge in [-0.05, 0) is 39.9 Å². The number of rotatable bonds is 5. The van der Waals surface area contributed by atoms with Gasteiger partial charge in [0.1, 0.15) is 6.61 Å². The van der Waals surface area contributed by atoms with Crippen LogP contribution in [0.2, 0.25) is 0 Å². The predicted molar refractivity (Wildman–Crippen MR) is 118 cm³/mol. The standard InChI is InChI=1S/C26H21NO4/c28-25(29)16-19-8-5-7-18(15-19)9-6-14-27-26(30)31-17-24-22-12-3-1-10-20(22)21-11-2-4-13-23(21)24/h1-5,7-8,10-13,15,24H,14,16-17H2,(H,27,30)(H,28,29). The molecule has 3 aromatic carbocycles. The topological polar surface area (TPSA) is 75.6 Å². The van der Waals surface area contributed by atoms with Gasteiger partial charge in [-0.25, -0.2) is 4.79 Å². The van der Waals surface area contributed by atoms with Crippen LogP contribution in [0.3, 0.4) is 0 Å². The van der Waals surface area contributed by atoms with Crippen molar-refractivity contribution in [2.24, 2.45) is 0 Å². The second-order valence-corrected chi connectivity index (χ2v) is 7.25. The van der Waals surface area contributed by atoms with Gasteiger partial charge < -0.3 is 15.2 Å². The van der Waals surface area contributed by atoms with Crippen LogP contribution in [-0.4, -0.2) is 30.3 Å². The summed E-state index contributed by atoms with van der Waals surface area (Å²) in [5, 5.41) is 11.5. The van der Waals surface area contributed by atoms with E-state index in [9.17, 15) is 9.59 Å². The lowest BCUT2D eigenvalue weighted by atomic mass is 9.98. The van der Waals surface area contributed by atoms with Crippen LogP contribution >= 0.6 is 0 Å². The molecule has 1 amide bonds. The number of aliphatic carboxylic acids is 1. The molecule has 5 heteroatoms. The summed E-state index contributed by atoms with van der Waals surface area (Å²) < 4.78 is 5.47. The van der Waals surface area contributed by atoms with Crippen LogP contribution in [0, 0.1) is 11.8 Å². The number of hydrogen-bond acceptors (Lipinski definition) is 3. The molecule has 2 N–H and O–H groups in total. The number of amides is 1. The van der Waals surface area contributed by atoms with Crippen LogP contribution in [-0.2, 0) is 16.0 Å². The third-order valence-electron chi connectivity index (χ3n) is 5.18. The number of ether oxygens (including phenoxy) is 1. The third kappa shape index (κ3) is 4.76. The van der Waals surface area contributed by atoms with Crippen molar-refractivity contribution in [2.75, 3.05) is 13.2 Å². The summed E-state index contributed by atoms with van der Waals surface area (Å²) in [6.07, 6.45) is -0.566. The van der Waals surface area contributed by atoms with Crippen molar-refractivity contribution in [3.05, 3.63) is 95.1 Å². The van der Waals surface area contributed by atoms with Crippen molar-refractivity contribution in [3.8, 4) is 23.0 Å². The summed E-state index contributed by atoms with van der Waals surface area (Å²) in [5.41, 5.74) is 6.08.